The third kappa shape index (κ3) is 37.6. The van der Waals surface area contributed by atoms with Crippen molar-refractivity contribution in [1.82, 2.24) is 5.32 Å². The van der Waals surface area contributed by atoms with E-state index in [4.69, 9.17) is 9.05 Å². The van der Waals surface area contributed by atoms with Crippen LogP contribution >= 0.6 is 7.82 Å². The van der Waals surface area contributed by atoms with Crippen LogP contribution in [0, 0.1) is 0 Å². The lowest BCUT2D eigenvalue weighted by atomic mass is 10.0. The number of phosphoric ester groups is 1. The number of amides is 1. The van der Waals surface area contributed by atoms with Crippen LogP contribution in [0.1, 0.15) is 206 Å². The highest BCUT2D eigenvalue weighted by Gasteiger charge is 2.27. The Labute approximate surface area is 322 Å². The van der Waals surface area contributed by atoms with Gasteiger partial charge >= 0.3 is 7.82 Å². The van der Waals surface area contributed by atoms with Gasteiger partial charge in [-0.2, -0.15) is 0 Å². The van der Waals surface area contributed by atoms with Crippen LogP contribution in [0.25, 0.3) is 0 Å². The molecule has 0 aliphatic rings. The van der Waals surface area contributed by atoms with Crippen LogP contribution in [0.3, 0.4) is 0 Å². The van der Waals surface area contributed by atoms with Gasteiger partial charge in [-0.15, -0.1) is 0 Å². The van der Waals surface area contributed by atoms with E-state index in [9.17, 15) is 19.4 Å². The zero-order valence-corrected chi connectivity index (χ0v) is 36.0. The van der Waals surface area contributed by atoms with Gasteiger partial charge in [0, 0.05) is 6.42 Å². The molecule has 3 N–H and O–H groups in total. The predicted molar refractivity (Wildman–Crippen MR) is 222 cm³/mol. The van der Waals surface area contributed by atoms with E-state index in [1.165, 1.54) is 148 Å². The Hall–Kier alpha value is -0.760. The van der Waals surface area contributed by atoms with E-state index >= 15 is 0 Å². The number of rotatable bonds is 40. The molecule has 0 saturated carbocycles. The van der Waals surface area contributed by atoms with Crippen molar-refractivity contribution in [3.8, 4) is 0 Å². The SMILES string of the molecule is CCCCCCCCCCCCC/C=C/C(O)C(COP(=O)(O)OCC[N+](C)(C)C)NC(=O)CCCCCCCCCCCCCCCCCCC. The summed E-state index contributed by atoms with van der Waals surface area (Å²) in [6.07, 6.45) is 39.8. The number of likely N-dealkylation sites (N-methyl/N-ethyl adjacent to an activating group) is 1. The van der Waals surface area contributed by atoms with Gasteiger partial charge in [0.25, 0.3) is 0 Å². The maximum absolute atomic E-state index is 12.8. The molecule has 310 valence electrons. The summed E-state index contributed by atoms with van der Waals surface area (Å²) >= 11 is 0. The van der Waals surface area contributed by atoms with Gasteiger partial charge in [0.2, 0.25) is 5.91 Å². The minimum absolute atomic E-state index is 0.0645. The highest BCUT2D eigenvalue weighted by Crippen LogP contribution is 2.43. The van der Waals surface area contributed by atoms with Crippen molar-refractivity contribution in [1.29, 1.82) is 0 Å². The highest BCUT2D eigenvalue weighted by atomic mass is 31.2. The van der Waals surface area contributed by atoms with Crippen LogP contribution in [-0.4, -0.2) is 73.4 Å². The second-order valence-corrected chi connectivity index (χ2v) is 17.9. The zero-order valence-electron chi connectivity index (χ0n) is 35.1. The summed E-state index contributed by atoms with van der Waals surface area (Å²) in [5.41, 5.74) is 0. The summed E-state index contributed by atoms with van der Waals surface area (Å²) in [5.74, 6) is -0.175. The average molecular weight is 760 g/mol. The number of hydrogen-bond donors (Lipinski definition) is 3. The average Bonchev–Trinajstić information content (AvgIpc) is 3.09. The maximum atomic E-state index is 12.8. The molecule has 0 rings (SSSR count). The normalized spacial score (nSPS) is 14.5. The molecule has 52 heavy (non-hydrogen) atoms. The van der Waals surface area contributed by atoms with Crippen LogP contribution in [0.5, 0.6) is 0 Å². The Morgan fingerprint density at radius 1 is 0.635 bits per heavy atom. The Morgan fingerprint density at radius 2 is 1.02 bits per heavy atom. The third-order valence-corrected chi connectivity index (χ3v) is 11.0. The zero-order chi connectivity index (χ0) is 38.6. The topological polar surface area (TPSA) is 105 Å². The van der Waals surface area contributed by atoms with Crippen LogP contribution in [0.4, 0.5) is 0 Å². The number of phosphoric acid groups is 1. The molecule has 0 bridgehead atoms. The molecule has 0 heterocycles. The van der Waals surface area contributed by atoms with E-state index in [1.807, 2.05) is 27.2 Å². The summed E-state index contributed by atoms with van der Waals surface area (Å²) in [6, 6.07) is -0.839. The highest BCUT2D eigenvalue weighted by molar-refractivity contribution is 7.47. The van der Waals surface area contributed by atoms with Gasteiger partial charge in [0.15, 0.2) is 0 Å². The van der Waals surface area contributed by atoms with E-state index in [-0.39, 0.29) is 19.1 Å². The van der Waals surface area contributed by atoms with Crippen LogP contribution in [0.2, 0.25) is 0 Å². The molecule has 9 heteroatoms. The van der Waals surface area contributed by atoms with E-state index < -0.39 is 20.0 Å². The molecule has 8 nitrogen and oxygen atoms in total. The number of aliphatic hydroxyl groups is 1. The molecule has 0 aliphatic heterocycles. The number of carbonyl (C=O) groups excluding carboxylic acids is 1. The summed E-state index contributed by atoms with van der Waals surface area (Å²) < 4.78 is 23.5. The first kappa shape index (κ1) is 51.2. The van der Waals surface area contributed by atoms with Crippen molar-refractivity contribution < 1.29 is 32.9 Å². The first-order chi connectivity index (χ1) is 25.0. The molecule has 0 spiro atoms. The molecule has 0 aromatic carbocycles. The minimum atomic E-state index is -4.33. The molecule has 3 atom stereocenters. The van der Waals surface area contributed by atoms with Gasteiger partial charge in [-0.25, -0.2) is 4.57 Å². The minimum Gasteiger partial charge on any atom is -0.387 e. The van der Waals surface area contributed by atoms with Gasteiger partial charge in [0.1, 0.15) is 13.2 Å². The van der Waals surface area contributed by atoms with Gasteiger partial charge in [-0.05, 0) is 19.3 Å². The van der Waals surface area contributed by atoms with Gasteiger partial charge in [-0.3, -0.25) is 13.8 Å². The molecule has 0 aromatic heterocycles. The number of nitrogens with one attached hydrogen (secondary N) is 1. The summed E-state index contributed by atoms with van der Waals surface area (Å²) in [4.78, 5) is 23.1. The molecule has 0 saturated heterocycles. The van der Waals surface area contributed by atoms with Crippen molar-refractivity contribution >= 4 is 13.7 Å². The molecule has 0 aliphatic carbocycles. The number of quaternary nitrogens is 1. The number of aliphatic hydroxyl groups excluding tert-OH is 1. The van der Waals surface area contributed by atoms with E-state index in [0.717, 1.165) is 38.5 Å². The number of allylic oxidation sites excluding steroid dienone is 1. The van der Waals surface area contributed by atoms with E-state index in [0.29, 0.717) is 17.4 Å². The predicted octanol–water partition coefficient (Wildman–Crippen LogP) is 12.0. The van der Waals surface area contributed by atoms with E-state index in [1.54, 1.807) is 6.08 Å². The Kier molecular flexibility index (Phi) is 35.4. The largest absolute Gasteiger partial charge is 0.472 e. The third-order valence-electron chi connectivity index (χ3n) is 10.0. The molecular formula is C43H88N2O6P+. The Balaban J connectivity index is 4.38. The monoisotopic (exact) mass is 760 g/mol. The van der Waals surface area contributed by atoms with Crippen LogP contribution < -0.4 is 5.32 Å². The second-order valence-electron chi connectivity index (χ2n) is 16.4. The smallest absolute Gasteiger partial charge is 0.387 e. The summed E-state index contributed by atoms with van der Waals surface area (Å²) in [6.45, 7) is 4.82. The fraction of sp³-hybridized carbons (Fsp3) is 0.930. The van der Waals surface area contributed by atoms with Crippen molar-refractivity contribution in [2.75, 3.05) is 40.9 Å². The van der Waals surface area contributed by atoms with E-state index in [2.05, 4.69) is 19.2 Å². The van der Waals surface area contributed by atoms with Crippen molar-refractivity contribution in [2.24, 2.45) is 0 Å². The summed E-state index contributed by atoms with van der Waals surface area (Å²) in [5, 5.41) is 13.8. The van der Waals surface area contributed by atoms with Crippen LogP contribution in [-0.2, 0) is 18.4 Å². The fourth-order valence-electron chi connectivity index (χ4n) is 6.45. The van der Waals surface area contributed by atoms with Gasteiger partial charge < -0.3 is 19.8 Å². The molecular weight excluding hydrogens is 671 g/mol. The molecule has 0 fully saturated rings. The molecule has 3 unspecified atom stereocenters. The number of carbonyl (C=O) groups is 1. The lowest BCUT2D eigenvalue weighted by Gasteiger charge is -2.25. The Bertz CT molecular complexity index is 865. The maximum Gasteiger partial charge on any atom is 0.472 e. The molecule has 1 amide bonds. The second kappa shape index (κ2) is 35.9. The van der Waals surface area contributed by atoms with Crippen molar-refractivity contribution in [3.63, 3.8) is 0 Å². The number of unbranched alkanes of at least 4 members (excludes halogenated alkanes) is 27. The van der Waals surface area contributed by atoms with Crippen molar-refractivity contribution in [3.05, 3.63) is 12.2 Å². The molecule has 0 radical (unpaired) electrons. The van der Waals surface area contributed by atoms with Crippen molar-refractivity contribution in [2.45, 2.75) is 219 Å². The first-order valence-corrected chi connectivity index (χ1v) is 23.6. The first-order valence-electron chi connectivity index (χ1n) is 22.1. The lowest BCUT2D eigenvalue weighted by Crippen LogP contribution is -2.45. The number of hydrogen-bond acceptors (Lipinski definition) is 5. The fourth-order valence-corrected chi connectivity index (χ4v) is 7.19. The Morgan fingerprint density at radius 3 is 1.42 bits per heavy atom. The van der Waals surface area contributed by atoms with Gasteiger partial charge in [0.05, 0.1) is 39.9 Å². The standard InChI is InChI=1S/C43H87N2O6P/c1-6-8-10-12-14-16-18-20-21-22-23-25-27-29-31-33-35-37-43(47)44-41(40-51-52(48,49)50-39-38-45(3,4)5)42(46)36-34-32-30-28-26-24-19-17-15-13-11-9-7-2/h34,36,41-42,46H,6-33,35,37-40H2,1-5H3,(H-,44,47,48,49)/p+1/b36-34+. The number of nitrogens with zero attached hydrogens (tertiary/aromatic N) is 1. The molecule has 0 aromatic rings. The van der Waals surface area contributed by atoms with Gasteiger partial charge in [-0.1, -0.05) is 193 Å². The summed E-state index contributed by atoms with van der Waals surface area (Å²) in [7, 11) is 1.58. The quantitative estimate of drug-likeness (QED) is 0.0249. The van der Waals surface area contributed by atoms with Crippen LogP contribution in [0.15, 0.2) is 12.2 Å². The lowest BCUT2D eigenvalue weighted by molar-refractivity contribution is -0.870.